The maximum Gasteiger partial charge on any atom is 0.238 e. The number of benzene rings is 2. The second-order valence-corrected chi connectivity index (χ2v) is 8.28. The van der Waals surface area contributed by atoms with Gasteiger partial charge in [-0.15, -0.1) is 11.8 Å². The predicted molar refractivity (Wildman–Crippen MR) is 122 cm³/mol. The summed E-state index contributed by atoms with van der Waals surface area (Å²) in [6.07, 6.45) is 3.58. The Morgan fingerprint density at radius 3 is 2.52 bits per heavy atom. The molecular formula is C23H24FN5OS. The molecule has 6 nitrogen and oxygen atoms in total. The van der Waals surface area contributed by atoms with E-state index >= 15 is 0 Å². The minimum Gasteiger partial charge on any atom is -0.353 e. The third kappa shape index (κ3) is 6.02. The summed E-state index contributed by atoms with van der Waals surface area (Å²) in [5, 5.41) is 3.54. The van der Waals surface area contributed by atoms with E-state index in [-0.39, 0.29) is 18.1 Å². The van der Waals surface area contributed by atoms with Crippen molar-refractivity contribution < 1.29 is 9.18 Å². The van der Waals surface area contributed by atoms with E-state index in [1.807, 2.05) is 18.2 Å². The molecule has 1 aliphatic heterocycles. The van der Waals surface area contributed by atoms with Crippen LogP contribution in [0.5, 0.6) is 0 Å². The molecule has 1 N–H and O–H groups in total. The predicted octanol–water partition coefficient (Wildman–Crippen LogP) is 3.67. The van der Waals surface area contributed by atoms with Gasteiger partial charge >= 0.3 is 0 Å². The number of anilines is 2. The van der Waals surface area contributed by atoms with Crippen LogP contribution in [-0.4, -0.2) is 53.5 Å². The van der Waals surface area contributed by atoms with Crippen molar-refractivity contribution in [2.45, 2.75) is 10.8 Å². The Morgan fingerprint density at radius 2 is 1.74 bits per heavy atom. The maximum atomic E-state index is 13.7. The van der Waals surface area contributed by atoms with Crippen LogP contribution < -0.4 is 10.2 Å². The van der Waals surface area contributed by atoms with Crippen molar-refractivity contribution >= 4 is 29.2 Å². The fourth-order valence-electron chi connectivity index (χ4n) is 3.38. The zero-order valence-electron chi connectivity index (χ0n) is 17.1. The quantitative estimate of drug-likeness (QED) is 0.569. The average Bonchev–Trinajstić information content (AvgIpc) is 2.81. The molecule has 1 aromatic heterocycles. The topological polar surface area (TPSA) is 61.4 Å². The second kappa shape index (κ2) is 10.4. The highest BCUT2D eigenvalue weighted by Gasteiger charge is 2.21. The third-order valence-electron chi connectivity index (χ3n) is 5.04. The first kappa shape index (κ1) is 21.3. The minimum atomic E-state index is -0.427. The number of hydrogen-bond acceptors (Lipinski definition) is 6. The van der Waals surface area contributed by atoms with Crippen molar-refractivity contribution in [1.82, 2.24) is 14.9 Å². The number of nitrogens with zero attached hydrogens (tertiary/aromatic N) is 4. The van der Waals surface area contributed by atoms with E-state index in [2.05, 4.69) is 32.2 Å². The van der Waals surface area contributed by atoms with Gasteiger partial charge in [0.1, 0.15) is 16.7 Å². The van der Waals surface area contributed by atoms with Crippen LogP contribution in [0.2, 0.25) is 0 Å². The van der Waals surface area contributed by atoms with E-state index in [0.29, 0.717) is 0 Å². The van der Waals surface area contributed by atoms with Gasteiger partial charge in [0.15, 0.2) is 0 Å². The fraction of sp³-hybridized carbons (Fsp3) is 0.261. The van der Waals surface area contributed by atoms with Gasteiger partial charge < -0.3 is 10.2 Å². The first-order valence-corrected chi connectivity index (χ1v) is 11.2. The Bertz CT molecular complexity index is 1010. The molecule has 0 atom stereocenters. The van der Waals surface area contributed by atoms with Gasteiger partial charge in [-0.3, -0.25) is 14.7 Å². The van der Waals surface area contributed by atoms with Crippen LogP contribution in [0.4, 0.5) is 15.9 Å². The van der Waals surface area contributed by atoms with Crippen LogP contribution in [0.1, 0.15) is 5.56 Å². The van der Waals surface area contributed by atoms with Gasteiger partial charge in [0.25, 0.3) is 0 Å². The minimum absolute atomic E-state index is 0.211. The summed E-state index contributed by atoms with van der Waals surface area (Å²) in [4.78, 5) is 25.6. The Kier molecular flexibility index (Phi) is 7.11. The normalized spacial score (nSPS) is 14.4. The summed E-state index contributed by atoms with van der Waals surface area (Å²) in [5.41, 5.74) is 1.47. The lowest BCUT2D eigenvalue weighted by molar-refractivity contribution is -0.117. The van der Waals surface area contributed by atoms with E-state index in [0.717, 1.165) is 42.8 Å². The highest BCUT2D eigenvalue weighted by Crippen LogP contribution is 2.23. The van der Waals surface area contributed by atoms with E-state index in [1.165, 1.54) is 11.6 Å². The van der Waals surface area contributed by atoms with Crippen LogP contribution in [0, 0.1) is 5.82 Å². The van der Waals surface area contributed by atoms with E-state index in [1.54, 1.807) is 42.4 Å². The van der Waals surface area contributed by atoms with Crippen LogP contribution in [0.25, 0.3) is 0 Å². The lowest BCUT2D eigenvalue weighted by Crippen LogP contribution is -2.49. The molecule has 0 radical (unpaired) electrons. The van der Waals surface area contributed by atoms with Gasteiger partial charge in [0.05, 0.1) is 24.6 Å². The van der Waals surface area contributed by atoms with Crippen LogP contribution in [0.15, 0.2) is 72.0 Å². The number of carbonyl (C=O) groups is 1. The molecule has 8 heteroatoms. The van der Waals surface area contributed by atoms with E-state index < -0.39 is 5.82 Å². The van der Waals surface area contributed by atoms with Gasteiger partial charge in [-0.05, 0) is 17.7 Å². The van der Waals surface area contributed by atoms with E-state index in [4.69, 9.17) is 4.98 Å². The molecular weight excluding hydrogens is 413 g/mol. The zero-order valence-corrected chi connectivity index (χ0v) is 17.9. The van der Waals surface area contributed by atoms with Crippen molar-refractivity contribution in [3.05, 3.63) is 78.4 Å². The van der Waals surface area contributed by atoms with Gasteiger partial charge in [-0.1, -0.05) is 42.5 Å². The fourth-order valence-corrected chi connectivity index (χ4v) is 4.18. The number of halogens is 1. The number of hydrogen-bond donors (Lipinski definition) is 1. The lowest BCUT2D eigenvalue weighted by Gasteiger charge is -2.34. The van der Waals surface area contributed by atoms with Gasteiger partial charge in [-0.2, -0.15) is 0 Å². The average molecular weight is 438 g/mol. The van der Waals surface area contributed by atoms with Gasteiger partial charge in [-0.25, -0.2) is 9.37 Å². The number of piperazine rings is 1. The number of rotatable bonds is 7. The maximum absolute atomic E-state index is 13.7. The molecule has 160 valence electrons. The summed E-state index contributed by atoms with van der Waals surface area (Å²) in [6.45, 7) is 3.21. The smallest absolute Gasteiger partial charge is 0.238 e. The molecule has 3 aromatic rings. The number of para-hydroxylation sites is 1. The molecule has 4 rings (SSSR count). The zero-order chi connectivity index (χ0) is 21.5. The second-order valence-electron chi connectivity index (χ2n) is 7.28. The Labute approximate surface area is 185 Å². The Balaban J connectivity index is 1.26. The van der Waals surface area contributed by atoms with Gasteiger partial charge in [0, 0.05) is 31.9 Å². The molecule has 0 spiro atoms. The standard InChI is InChI=1S/C23H24FN5OS/c24-19-8-4-5-9-20(19)26-22(30)16-28-10-12-29(13-11-28)21-14-25-15-23(27-21)31-17-18-6-2-1-3-7-18/h1-9,14-15H,10-13,16-17H2,(H,26,30). The number of aromatic nitrogens is 2. The molecule has 0 bridgehead atoms. The molecule has 2 aromatic carbocycles. The van der Waals surface area contributed by atoms with Crippen molar-refractivity contribution in [3.63, 3.8) is 0 Å². The molecule has 0 unspecified atom stereocenters. The highest BCUT2D eigenvalue weighted by molar-refractivity contribution is 7.98. The molecule has 1 saturated heterocycles. The van der Waals surface area contributed by atoms with Crippen molar-refractivity contribution in [3.8, 4) is 0 Å². The molecule has 2 heterocycles. The number of nitrogens with one attached hydrogen (secondary N) is 1. The van der Waals surface area contributed by atoms with Crippen LogP contribution in [0.3, 0.4) is 0 Å². The summed E-state index contributed by atoms with van der Waals surface area (Å²) in [5.74, 6) is 1.07. The highest BCUT2D eigenvalue weighted by atomic mass is 32.2. The SMILES string of the molecule is O=C(CN1CCN(c2cncc(SCc3ccccc3)n2)CC1)Nc1ccccc1F. The molecule has 0 saturated carbocycles. The van der Waals surface area contributed by atoms with Crippen molar-refractivity contribution in [1.29, 1.82) is 0 Å². The van der Waals surface area contributed by atoms with Crippen LogP contribution >= 0.6 is 11.8 Å². The monoisotopic (exact) mass is 437 g/mol. The summed E-state index contributed by atoms with van der Waals surface area (Å²) < 4.78 is 13.7. The first-order valence-electron chi connectivity index (χ1n) is 10.2. The van der Waals surface area contributed by atoms with Gasteiger partial charge in [0.2, 0.25) is 5.91 Å². The molecule has 1 amide bonds. The number of amides is 1. The third-order valence-corrected chi connectivity index (χ3v) is 6.01. The molecule has 31 heavy (non-hydrogen) atoms. The molecule has 0 aliphatic carbocycles. The van der Waals surface area contributed by atoms with E-state index in [9.17, 15) is 9.18 Å². The first-order chi connectivity index (χ1) is 15.2. The summed E-state index contributed by atoms with van der Waals surface area (Å²) in [6, 6.07) is 16.5. The largest absolute Gasteiger partial charge is 0.353 e. The Hall–Kier alpha value is -2.97. The molecule has 1 aliphatic rings. The number of carbonyl (C=O) groups excluding carboxylic acids is 1. The lowest BCUT2D eigenvalue weighted by atomic mass is 10.2. The van der Waals surface area contributed by atoms with Crippen molar-refractivity contribution in [2.24, 2.45) is 0 Å². The Morgan fingerprint density at radius 1 is 1.00 bits per heavy atom. The summed E-state index contributed by atoms with van der Waals surface area (Å²) in [7, 11) is 0. The van der Waals surface area contributed by atoms with Crippen LogP contribution in [-0.2, 0) is 10.5 Å². The van der Waals surface area contributed by atoms with Crippen molar-refractivity contribution in [2.75, 3.05) is 42.9 Å². The molecule has 1 fully saturated rings. The summed E-state index contributed by atoms with van der Waals surface area (Å²) >= 11 is 1.67. The number of thioether (sulfide) groups is 1.